The molecule has 0 aliphatic rings. The largest absolute Gasteiger partial charge is 0.452 e. The van der Waals surface area contributed by atoms with Crippen molar-refractivity contribution in [2.75, 3.05) is 18.1 Å². The van der Waals surface area contributed by atoms with E-state index in [0.29, 0.717) is 33.1 Å². The van der Waals surface area contributed by atoms with Crippen LogP contribution in [0, 0.1) is 18.3 Å². The van der Waals surface area contributed by atoms with E-state index < -0.39 is 18.5 Å². The van der Waals surface area contributed by atoms with Crippen molar-refractivity contribution < 1.29 is 14.3 Å². The molecule has 0 N–H and O–H groups in total. The Hall–Kier alpha value is -3.74. The molecule has 0 fully saturated rings. The van der Waals surface area contributed by atoms with Crippen LogP contribution in [0.3, 0.4) is 0 Å². The molecular formula is C24H20ClN5O3S. The third-order valence-corrected chi connectivity index (χ3v) is 6.28. The van der Waals surface area contributed by atoms with Gasteiger partial charge >= 0.3 is 5.97 Å². The Morgan fingerprint density at radius 3 is 2.79 bits per heavy atom. The van der Waals surface area contributed by atoms with E-state index in [1.54, 1.807) is 49.0 Å². The van der Waals surface area contributed by atoms with Crippen LogP contribution in [0.5, 0.6) is 0 Å². The molecule has 34 heavy (non-hydrogen) atoms. The lowest BCUT2D eigenvalue weighted by Gasteiger charge is -2.22. The van der Waals surface area contributed by atoms with E-state index in [-0.39, 0.29) is 18.5 Å². The number of rotatable bonds is 7. The Balaban J connectivity index is 1.61. The van der Waals surface area contributed by atoms with E-state index in [1.807, 2.05) is 23.6 Å². The van der Waals surface area contributed by atoms with Gasteiger partial charge in [-0.2, -0.15) is 10.4 Å². The van der Waals surface area contributed by atoms with Crippen LogP contribution >= 0.6 is 22.9 Å². The summed E-state index contributed by atoms with van der Waals surface area (Å²) in [7, 11) is 1.76. The number of benzene rings is 1. The van der Waals surface area contributed by atoms with Crippen molar-refractivity contribution in [1.82, 2.24) is 14.8 Å². The number of anilines is 1. The summed E-state index contributed by atoms with van der Waals surface area (Å²) < 4.78 is 7.06. The lowest BCUT2D eigenvalue weighted by molar-refractivity contribution is -0.121. The van der Waals surface area contributed by atoms with Gasteiger partial charge in [-0.05, 0) is 42.6 Å². The number of nitriles is 1. The summed E-state index contributed by atoms with van der Waals surface area (Å²) in [6, 6.07) is 14.2. The third kappa shape index (κ3) is 4.78. The smallest absolute Gasteiger partial charge is 0.339 e. The first kappa shape index (κ1) is 23.4. The average molecular weight is 494 g/mol. The number of thiophene rings is 1. The number of aryl methyl sites for hydroxylation is 2. The Morgan fingerprint density at radius 1 is 1.26 bits per heavy atom. The minimum Gasteiger partial charge on any atom is -0.452 e. The van der Waals surface area contributed by atoms with E-state index in [2.05, 4.69) is 10.1 Å². The molecule has 0 unspecified atom stereocenters. The maximum absolute atomic E-state index is 13.1. The van der Waals surface area contributed by atoms with Crippen LogP contribution in [-0.2, 0) is 16.6 Å². The van der Waals surface area contributed by atoms with Gasteiger partial charge in [0.05, 0.1) is 39.7 Å². The van der Waals surface area contributed by atoms with Crippen LogP contribution in [0.4, 0.5) is 5.69 Å². The molecule has 3 aromatic heterocycles. The van der Waals surface area contributed by atoms with Gasteiger partial charge in [0.1, 0.15) is 0 Å². The molecule has 0 aliphatic heterocycles. The highest BCUT2D eigenvalue weighted by molar-refractivity contribution is 7.13. The van der Waals surface area contributed by atoms with E-state index in [4.69, 9.17) is 21.6 Å². The van der Waals surface area contributed by atoms with Gasteiger partial charge < -0.3 is 9.64 Å². The number of aromatic nitrogens is 3. The van der Waals surface area contributed by atoms with Gasteiger partial charge in [-0.15, -0.1) is 11.3 Å². The lowest BCUT2D eigenvalue weighted by Crippen LogP contribution is -2.35. The molecule has 0 saturated carbocycles. The van der Waals surface area contributed by atoms with Crippen molar-refractivity contribution in [3.05, 3.63) is 64.1 Å². The molecule has 4 aromatic rings. The minimum absolute atomic E-state index is 0.121. The minimum atomic E-state index is -0.652. The molecule has 8 nitrogen and oxygen atoms in total. The molecule has 0 atom stereocenters. The fourth-order valence-corrected chi connectivity index (χ4v) is 4.51. The monoisotopic (exact) mass is 493 g/mol. The Morgan fingerprint density at radius 2 is 2.09 bits per heavy atom. The Kier molecular flexibility index (Phi) is 6.91. The van der Waals surface area contributed by atoms with E-state index in [1.165, 1.54) is 16.2 Å². The zero-order valence-corrected chi connectivity index (χ0v) is 20.1. The second-order valence-corrected chi connectivity index (χ2v) is 8.83. The summed E-state index contributed by atoms with van der Waals surface area (Å²) in [5.74, 6) is -1.11. The molecule has 0 bridgehead atoms. The Labute approximate surface area is 205 Å². The lowest BCUT2D eigenvalue weighted by atomic mass is 10.1. The molecule has 0 spiro atoms. The number of carbonyl (C=O) groups excluding carboxylic acids is 2. The van der Waals surface area contributed by atoms with Crippen LogP contribution < -0.4 is 4.90 Å². The summed E-state index contributed by atoms with van der Waals surface area (Å²) in [6.45, 7) is 1.45. The predicted molar refractivity (Wildman–Crippen MR) is 131 cm³/mol. The van der Waals surface area contributed by atoms with Crippen LogP contribution in [0.25, 0.3) is 21.6 Å². The van der Waals surface area contributed by atoms with Gasteiger partial charge in [0.2, 0.25) is 0 Å². The molecule has 1 aromatic carbocycles. The highest BCUT2D eigenvalue weighted by atomic mass is 35.5. The van der Waals surface area contributed by atoms with Crippen molar-refractivity contribution in [2.45, 2.75) is 13.3 Å². The highest BCUT2D eigenvalue weighted by Crippen LogP contribution is 2.29. The zero-order chi connectivity index (χ0) is 24.2. The van der Waals surface area contributed by atoms with Crippen molar-refractivity contribution in [3.63, 3.8) is 0 Å². The molecule has 4 rings (SSSR count). The van der Waals surface area contributed by atoms with Gasteiger partial charge in [0, 0.05) is 24.3 Å². The first-order valence-electron chi connectivity index (χ1n) is 10.4. The zero-order valence-electron chi connectivity index (χ0n) is 18.5. The molecule has 1 amide bonds. The molecule has 0 saturated heterocycles. The molecule has 3 heterocycles. The molecule has 172 valence electrons. The van der Waals surface area contributed by atoms with Crippen molar-refractivity contribution >= 4 is 51.5 Å². The summed E-state index contributed by atoms with van der Waals surface area (Å²) in [5, 5.41) is 16.3. The molecule has 0 aliphatic carbocycles. The van der Waals surface area contributed by atoms with E-state index >= 15 is 0 Å². The number of hydrogen-bond donors (Lipinski definition) is 0. The number of ether oxygens (including phenoxy) is 1. The van der Waals surface area contributed by atoms with Crippen molar-refractivity contribution in [1.29, 1.82) is 5.26 Å². The number of nitrogens with zero attached hydrogens (tertiary/aromatic N) is 5. The quantitative estimate of drug-likeness (QED) is 0.344. The van der Waals surface area contributed by atoms with Crippen molar-refractivity contribution in [3.8, 4) is 16.6 Å². The van der Waals surface area contributed by atoms with E-state index in [9.17, 15) is 9.59 Å². The van der Waals surface area contributed by atoms with Gasteiger partial charge in [-0.3, -0.25) is 9.48 Å². The van der Waals surface area contributed by atoms with Gasteiger partial charge in [0.15, 0.2) is 12.3 Å². The summed E-state index contributed by atoms with van der Waals surface area (Å²) in [4.78, 5) is 33.1. The summed E-state index contributed by atoms with van der Waals surface area (Å²) >= 11 is 7.57. The topological polar surface area (TPSA) is 101 Å². The summed E-state index contributed by atoms with van der Waals surface area (Å²) in [6.07, 6.45) is 0.121. The number of esters is 1. The molecule has 10 heteroatoms. The maximum Gasteiger partial charge on any atom is 0.339 e. The number of pyridine rings is 1. The first-order chi connectivity index (χ1) is 16.4. The van der Waals surface area contributed by atoms with Gasteiger partial charge in [0.25, 0.3) is 5.91 Å². The maximum atomic E-state index is 13.1. The number of amides is 1. The number of halogens is 1. The third-order valence-electron chi connectivity index (χ3n) is 5.16. The number of fused-ring (bicyclic) bond motifs is 1. The second kappa shape index (κ2) is 10.0. The summed E-state index contributed by atoms with van der Waals surface area (Å²) in [5.41, 5.74) is 2.63. The Bertz CT molecular complexity index is 1410. The molecule has 0 radical (unpaired) electrons. The van der Waals surface area contributed by atoms with Gasteiger partial charge in [-0.25, -0.2) is 9.78 Å². The SMILES string of the molecule is Cc1nn(C)c2nc(-c3cccs3)cc(C(=O)OCC(=O)N(CCC#N)c3cccc(Cl)c3)c12. The van der Waals surface area contributed by atoms with Crippen molar-refractivity contribution in [2.24, 2.45) is 7.05 Å². The fourth-order valence-electron chi connectivity index (χ4n) is 3.64. The van der Waals surface area contributed by atoms with Crippen LogP contribution in [0.15, 0.2) is 47.8 Å². The van der Waals surface area contributed by atoms with Crippen LogP contribution in [0.1, 0.15) is 22.5 Å². The van der Waals surface area contributed by atoms with E-state index in [0.717, 1.165) is 4.88 Å². The standard InChI is InChI=1S/C24H20ClN5O3S/c1-15-22-18(13-19(20-8-4-11-34-20)27-23(22)29(2)28-15)24(32)33-14-21(31)30(10-5-9-26)17-7-3-6-16(25)12-17/h3-4,6-8,11-13H,5,10,14H2,1-2H3. The fraction of sp³-hybridized carbons (Fsp3) is 0.208. The number of carbonyl (C=O) groups is 2. The normalized spacial score (nSPS) is 10.8. The average Bonchev–Trinajstić information content (AvgIpc) is 3.46. The highest BCUT2D eigenvalue weighted by Gasteiger charge is 2.23. The number of hydrogen-bond acceptors (Lipinski definition) is 7. The first-order valence-corrected chi connectivity index (χ1v) is 11.6. The molecular weight excluding hydrogens is 474 g/mol. The van der Waals surface area contributed by atoms with Crippen LogP contribution in [0.2, 0.25) is 5.02 Å². The second-order valence-electron chi connectivity index (χ2n) is 7.45. The predicted octanol–water partition coefficient (Wildman–Crippen LogP) is 4.76. The van der Waals surface area contributed by atoms with Gasteiger partial charge in [-0.1, -0.05) is 23.7 Å². The van der Waals surface area contributed by atoms with Crippen LogP contribution in [-0.4, -0.2) is 39.8 Å².